The summed E-state index contributed by atoms with van der Waals surface area (Å²) < 4.78 is 11.3. The van der Waals surface area contributed by atoms with Gasteiger partial charge in [-0.05, 0) is 42.3 Å². The Hall–Kier alpha value is -3.27. The Morgan fingerprint density at radius 3 is 2.00 bits per heavy atom. The molecule has 0 fully saturated rings. The molecule has 3 aromatic rings. The molecule has 0 bridgehead atoms. The second-order valence-corrected chi connectivity index (χ2v) is 6.23. The summed E-state index contributed by atoms with van der Waals surface area (Å²) in [6.07, 6.45) is 0. The lowest BCUT2D eigenvalue weighted by Crippen LogP contribution is -2.31. The van der Waals surface area contributed by atoms with E-state index in [1.807, 2.05) is 79.7 Å². The average molecular weight is 361 g/mol. The van der Waals surface area contributed by atoms with E-state index in [4.69, 9.17) is 9.47 Å². The SMILES string of the molecule is C[C@@H](NC(=O)COc1ccc(OCc2ccccc2)cc1)c1ccccc1. The molecule has 0 heterocycles. The minimum Gasteiger partial charge on any atom is -0.489 e. The highest BCUT2D eigenvalue weighted by molar-refractivity contribution is 5.78. The topological polar surface area (TPSA) is 47.6 Å². The Bertz CT molecular complexity index is 833. The molecule has 3 aromatic carbocycles. The van der Waals surface area contributed by atoms with Gasteiger partial charge in [-0.2, -0.15) is 0 Å². The van der Waals surface area contributed by atoms with Crippen molar-refractivity contribution in [3.05, 3.63) is 96.1 Å². The Kier molecular flexibility index (Phi) is 6.47. The molecule has 0 aliphatic rings. The Balaban J connectivity index is 1.43. The molecule has 0 radical (unpaired) electrons. The highest BCUT2D eigenvalue weighted by Crippen LogP contribution is 2.19. The van der Waals surface area contributed by atoms with Crippen LogP contribution in [-0.2, 0) is 11.4 Å². The van der Waals surface area contributed by atoms with Crippen LogP contribution in [0.4, 0.5) is 0 Å². The molecule has 0 aliphatic carbocycles. The van der Waals surface area contributed by atoms with Crippen LogP contribution < -0.4 is 14.8 Å². The average Bonchev–Trinajstić information content (AvgIpc) is 2.73. The van der Waals surface area contributed by atoms with Gasteiger partial charge in [0.15, 0.2) is 6.61 Å². The first kappa shape index (κ1) is 18.5. The van der Waals surface area contributed by atoms with Crippen LogP contribution in [0.2, 0.25) is 0 Å². The normalized spacial score (nSPS) is 11.4. The number of hydrogen-bond donors (Lipinski definition) is 1. The van der Waals surface area contributed by atoms with Gasteiger partial charge >= 0.3 is 0 Å². The summed E-state index contributed by atoms with van der Waals surface area (Å²) in [5, 5.41) is 2.93. The summed E-state index contributed by atoms with van der Waals surface area (Å²) in [6, 6.07) is 27.0. The first-order valence-corrected chi connectivity index (χ1v) is 8.94. The van der Waals surface area contributed by atoms with Crippen LogP contribution in [0.5, 0.6) is 11.5 Å². The largest absolute Gasteiger partial charge is 0.489 e. The maximum absolute atomic E-state index is 12.1. The van der Waals surface area contributed by atoms with Crippen molar-refractivity contribution in [1.29, 1.82) is 0 Å². The quantitative estimate of drug-likeness (QED) is 0.642. The lowest BCUT2D eigenvalue weighted by molar-refractivity contribution is -0.123. The zero-order valence-electron chi connectivity index (χ0n) is 15.3. The van der Waals surface area contributed by atoms with E-state index >= 15 is 0 Å². The van der Waals surface area contributed by atoms with Crippen molar-refractivity contribution in [1.82, 2.24) is 5.32 Å². The van der Waals surface area contributed by atoms with Crippen molar-refractivity contribution in [2.75, 3.05) is 6.61 Å². The summed E-state index contributed by atoms with van der Waals surface area (Å²) in [4.78, 5) is 12.1. The fourth-order valence-corrected chi connectivity index (χ4v) is 2.63. The molecule has 1 amide bonds. The molecular formula is C23H23NO3. The molecule has 138 valence electrons. The molecule has 3 rings (SSSR count). The highest BCUT2D eigenvalue weighted by Gasteiger charge is 2.09. The Labute approximate surface area is 159 Å². The number of rotatable bonds is 8. The predicted octanol–water partition coefficient (Wildman–Crippen LogP) is 4.52. The highest BCUT2D eigenvalue weighted by atomic mass is 16.5. The van der Waals surface area contributed by atoms with E-state index in [9.17, 15) is 4.79 Å². The van der Waals surface area contributed by atoms with E-state index < -0.39 is 0 Å². The third-order valence-corrected chi connectivity index (χ3v) is 4.12. The van der Waals surface area contributed by atoms with E-state index in [-0.39, 0.29) is 18.6 Å². The van der Waals surface area contributed by atoms with Crippen LogP contribution in [0.15, 0.2) is 84.9 Å². The minimum absolute atomic E-state index is 0.0264. The second-order valence-electron chi connectivity index (χ2n) is 6.23. The van der Waals surface area contributed by atoms with E-state index in [1.165, 1.54) is 0 Å². The molecule has 4 nitrogen and oxygen atoms in total. The van der Waals surface area contributed by atoms with Crippen LogP contribution in [0.1, 0.15) is 24.1 Å². The second kappa shape index (κ2) is 9.43. The summed E-state index contributed by atoms with van der Waals surface area (Å²) >= 11 is 0. The molecule has 4 heteroatoms. The lowest BCUT2D eigenvalue weighted by atomic mass is 10.1. The molecule has 27 heavy (non-hydrogen) atoms. The molecule has 0 aromatic heterocycles. The fraction of sp³-hybridized carbons (Fsp3) is 0.174. The maximum Gasteiger partial charge on any atom is 0.258 e. The molecule has 0 saturated heterocycles. The van der Waals surface area contributed by atoms with Gasteiger partial charge in [0, 0.05) is 0 Å². The van der Waals surface area contributed by atoms with Gasteiger partial charge in [0.2, 0.25) is 0 Å². The minimum atomic E-state index is -0.157. The fourth-order valence-electron chi connectivity index (χ4n) is 2.63. The maximum atomic E-state index is 12.1. The van der Waals surface area contributed by atoms with Crippen molar-refractivity contribution >= 4 is 5.91 Å². The summed E-state index contributed by atoms with van der Waals surface area (Å²) in [5.74, 6) is 1.23. The van der Waals surface area contributed by atoms with Crippen molar-refractivity contribution in [2.24, 2.45) is 0 Å². The predicted molar refractivity (Wildman–Crippen MR) is 106 cm³/mol. The summed E-state index contributed by atoms with van der Waals surface area (Å²) in [5.41, 5.74) is 2.17. The molecule has 1 N–H and O–H groups in total. The number of nitrogens with one attached hydrogen (secondary N) is 1. The molecule has 0 unspecified atom stereocenters. The van der Waals surface area contributed by atoms with E-state index in [0.29, 0.717) is 12.4 Å². The zero-order chi connectivity index (χ0) is 18.9. The zero-order valence-corrected chi connectivity index (χ0v) is 15.3. The van der Waals surface area contributed by atoms with Gasteiger partial charge in [-0.15, -0.1) is 0 Å². The van der Waals surface area contributed by atoms with Gasteiger partial charge in [-0.3, -0.25) is 4.79 Å². The van der Waals surface area contributed by atoms with E-state index in [1.54, 1.807) is 12.1 Å². The molecular weight excluding hydrogens is 338 g/mol. The van der Waals surface area contributed by atoms with Gasteiger partial charge in [-0.1, -0.05) is 60.7 Å². The third-order valence-electron chi connectivity index (χ3n) is 4.12. The Morgan fingerprint density at radius 2 is 1.37 bits per heavy atom. The van der Waals surface area contributed by atoms with Crippen molar-refractivity contribution in [3.8, 4) is 11.5 Å². The molecule has 0 saturated carbocycles. The van der Waals surface area contributed by atoms with E-state index in [0.717, 1.165) is 16.9 Å². The van der Waals surface area contributed by atoms with Crippen LogP contribution in [-0.4, -0.2) is 12.5 Å². The number of hydrogen-bond acceptors (Lipinski definition) is 3. The van der Waals surface area contributed by atoms with Gasteiger partial charge in [0.25, 0.3) is 5.91 Å². The standard InChI is InChI=1S/C23H23NO3/c1-18(20-10-6-3-7-11-20)24-23(25)17-27-22-14-12-21(13-15-22)26-16-19-8-4-2-5-9-19/h2-15,18H,16-17H2,1H3,(H,24,25)/t18-/m1/s1. The lowest BCUT2D eigenvalue weighted by Gasteiger charge is -2.14. The Morgan fingerprint density at radius 1 is 0.815 bits per heavy atom. The van der Waals surface area contributed by atoms with Crippen molar-refractivity contribution in [2.45, 2.75) is 19.6 Å². The van der Waals surface area contributed by atoms with Crippen LogP contribution in [0, 0.1) is 0 Å². The number of carbonyl (C=O) groups excluding carboxylic acids is 1. The van der Waals surface area contributed by atoms with E-state index in [2.05, 4.69) is 5.32 Å². The third kappa shape index (κ3) is 5.89. The van der Waals surface area contributed by atoms with Crippen LogP contribution in [0.3, 0.4) is 0 Å². The molecule has 1 atom stereocenters. The monoisotopic (exact) mass is 361 g/mol. The van der Waals surface area contributed by atoms with Crippen molar-refractivity contribution in [3.63, 3.8) is 0 Å². The number of amides is 1. The van der Waals surface area contributed by atoms with Crippen LogP contribution >= 0.6 is 0 Å². The smallest absolute Gasteiger partial charge is 0.258 e. The number of benzene rings is 3. The van der Waals surface area contributed by atoms with Gasteiger partial charge in [0.05, 0.1) is 6.04 Å². The summed E-state index contributed by atoms with van der Waals surface area (Å²) in [6.45, 7) is 2.44. The van der Waals surface area contributed by atoms with Gasteiger partial charge in [-0.25, -0.2) is 0 Å². The van der Waals surface area contributed by atoms with Crippen LogP contribution in [0.25, 0.3) is 0 Å². The number of ether oxygens (including phenoxy) is 2. The van der Waals surface area contributed by atoms with Gasteiger partial charge in [0.1, 0.15) is 18.1 Å². The summed E-state index contributed by atoms with van der Waals surface area (Å²) in [7, 11) is 0. The molecule has 0 spiro atoms. The van der Waals surface area contributed by atoms with Gasteiger partial charge < -0.3 is 14.8 Å². The molecule has 0 aliphatic heterocycles. The first-order chi connectivity index (χ1) is 13.2. The first-order valence-electron chi connectivity index (χ1n) is 8.94. The van der Waals surface area contributed by atoms with Crippen molar-refractivity contribution < 1.29 is 14.3 Å². The number of carbonyl (C=O) groups is 1.